The second kappa shape index (κ2) is 41.3. The zero-order valence-corrected chi connectivity index (χ0v) is 30.1. The molecule has 0 aromatic carbocycles. The van der Waals surface area contributed by atoms with Crippen molar-refractivity contribution >= 4 is 5.97 Å². The largest absolute Gasteiger partial charge is 0.463 e. The summed E-state index contributed by atoms with van der Waals surface area (Å²) in [5, 5.41) is 0. The van der Waals surface area contributed by atoms with Gasteiger partial charge in [-0.2, -0.15) is 0 Å². The zero-order chi connectivity index (χ0) is 32.6. The second-order valence-corrected chi connectivity index (χ2v) is 12.5. The molecule has 0 bridgehead atoms. The van der Waals surface area contributed by atoms with E-state index in [2.05, 4.69) is 13.8 Å². The first-order valence-corrected chi connectivity index (χ1v) is 19.4. The fraction of sp³-hybridized carbons (Fsp3) is 0.974. The summed E-state index contributed by atoms with van der Waals surface area (Å²) in [6.45, 7) is 10.5. The van der Waals surface area contributed by atoms with E-state index in [9.17, 15) is 4.79 Å². The Morgan fingerprint density at radius 1 is 0.311 bits per heavy atom. The van der Waals surface area contributed by atoms with Gasteiger partial charge >= 0.3 is 5.97 Å². The highest BCUT2D eigenvalue weighted by molar-refractivity contribution is 5.69. The molecule has 0 aromatic rings. The van der Waals surface area contributed by atoms with E-state index in [0.29, 0.717) is 72.5 Å². The maximum Gasteiger partial charge on any atom is 0.305 e. The van der Waals surface area contributed by atoms with Crippen molar-refractivity contribution in [1.29, 1.82) is 0 Å². The molecule has 0 aliphatic carbocycles. The lowest BCUT2D eigenvalue weighted by atomic mass is 10.0. The molecule has 0 rings (SSSR count). The van der Waals surface area contributed by atoms with Crippen LogP contribution in [0.3, 0.4) is 0 Å². The van der Waals surface area contributed by atoms with E-state index < -0.39 is 0 Å². The molecule has 0 aliphatic rings. The smallest absolute Gasteiger partial charge is 0.305 e. The van der Waals surface area contributed by atoms with Gasteiger partial charge in [0.05, 0.1) is 59.5 Å². The monoisotopic (exact) mass is 645 g/mol. The van der Waals surface area contributed by atoms with Crippen molar-refractivity contribution in [2.75, 3.05) is 72.7 Å². The van der Waals surface area contributed by atoms with E-state index in [1.807, 2.05) is 0 Å². The topological polar surface area (TPSA) is 72.5 Å². The molecule has 0 atom stereocenters. The summed E-state index contributed by atoms with van der Waals surface area (Å²) in [5.41, 5.74) is 0. The number of unbranched alkanes of at least 4 members (excludes halogenated alkanes) is 21. The van der Waals surface area contributed by atoms with Crippen molar-refractivity contribution in [2.24, 2.45) is 0 Å². The molecule has 7 nitrogen and oxygen atoms in total. The van der Waals surface area contributed by atoms with Crippen LogP contribution >= 0.6 is 0 Å². The summed E-state index contributed by atoms with van der Waals surface area (Å²) in [5.74, 6) is -0.115. The minimum Gasteiger partial charge on any atom is -0.463 e. The van der Waals surface area contributed by atoms with Gasteiger partial charge in [-0.05, 0) is 12.8 Å². The molecule has 0 radical (unpaired) electrons. The Balaban J connectivity index is 3.12. The van der Waals surface area contributed by atoms with Crippen molar-refractivity contribution in [3.8, 4) is 0 Å². The Labute approximate surface area is 279 Å². The minimum atomic E-state index is -0.115. The van der Waals surface area contributed by atoms with Gasteiger partial charge in [0.25, 0.3) is 0 Å². The first-order chi connectivity index (χ1) is 22.3. The third-order valence-corrected chi connectivity index (χ3v) is 8.11. The van der Waals surface area contributed by atoms with E-state index in [0.717, 1.165) is 25.9 Å². The van der Waals surface area contributed by atoms with Crippen LogP contribution in [-0.2, 0) is 33.2 Å². The Bertz CT molecular complexity index is 546. The molecular formula is C38H76O7. The number of rotatable bonds is 40. The first kappa shape index (κ1) is 44.3. The van der Waals surface area contributed by atoms with Gasteiger partial charge in [0, 0.05) is 13.0 Å². The Morgan fingerprint density at radius 3 is 0.933 bits per heavy atom. The second-order valence-electron chi connectivity index (χ2n) is 12.5. The van der Waals surface area contributed by atoms with Gasteiger partial charge in [0.1, 0.15) is 6.61 Å². The summed E-state index contributed by atoms with van der Waals surface area (Å²) >= 11 is 0. The average Bonchev–Trinajstić information content (AvgIpc) is 3.05. The van der Waals surface area contributed by atoms with Crippen molar-refractivity contribution in [3.05, 3.63) is 0 Å². The molecule has 0 aromatic heterocycles. The summed E-state index contributed by atoms with van der Waals surface area (Å²) in [6, 6.07) is 0. The van der Waals surface area contributed by atoms with Crippen LogP contribution in [0.2, 0.25) is 0 Å². The molecule has 0 amide bonds. The van der Waals surface area contributed by atoms with Gasteiger partial charge in [0.15, 0.2) is 0 Å². The summed E-state index contributed by atoms with van der Waals surface area (Å²) < 4.78 is 33.0. The van der Waals surface area contributed by atoms with E-state index >= 15 is 0 Å². The Morgan fingerprint density at radius 2 is 0.578 bits per heavy atom. The standard InChI is InChI=1S/C38H76O7/c1-3-5-7-9-11-13-15-16-17-18-20-22-24-26-38(39)45-37-36-44-35-34-43-33-32-42-31-30-41-29-28-40-27-25-23-21-19-14-12-10-8-6-4-2/h3-37H2,1-2H3. The fourth-order valence-electron chi connectivity index (χ4n) is 5.25. The van der Waals surface area contributed by atoms with Gasteiger partial charge in [0.2, 0.25) is 0 Å². The van der Waals surface area contributed by atoms with E-state index in [-0.39, 0.29) is 5.97 Å². The number of ether oxygens (including phenoxy) is 6. The van der Waals surface area contributed by atoms with Gasteiger partial charge in [-0.3, -0.25) is 4.79 Å². The molecule has 45 heavy (non-hydrogen) atoms. The third-order valence-electron chi connectivity index (χ3n) is 8.11. The zero-order valence-electron chi connectivity index (χ0n) is 30.1. The Kier molecular flexibility index (Phi) is 40.6. The number of carbonyl (C=O) groups excluding carboxylic acids is 1. The predicted molar refractivity (Wildman–Crippen MR) is 187 cm³/mol. The maximum atomic E-state index is 11.8. The Hall–Kier alpha value is -0.730. The van der Waals surface area contributed by atoms with Crippen LogP contribution in [0, 0.1) is 0 Å². The molecule has 0 heterocycles. The van der Waals surface area contributed by atoms with E-state index in [1.165, 1.54) is 128 Å². The van der Waals surface area contributed by atoms with Crippen molar-refractivity contribution < 1.29 is 33.2 Å². The lowest BCUT2D eigenvalue weighted by molar-refractivity contribution is -0.145. The molecule has 0 unspecified atom stereocenters. The van der Waals surface area contributed by atoms with Crippen LogP contribution in [0.4, 0.5) is 0 Å². The molecule has 0 saturated heterocycles. The van der Waals surface area contributed by atoms with Gasteiger partial charge in [-0.1, -0.05) is 149 Å². The van der Waals surface area contributed by atoms with Crippen LogP contribution in [0.15, 0.2) is 0 Å². The maximum absolute atomic E-state index is 11.8. The normalized spacial score (nSPS) is 11.4. The van der Waals surface area contributed by atoms with E-state index in [4.69, 9.17) is 28.4 Å². The average molecular weight is 645 g/mol. The van der Waals surface area contributed by atoms with Gasteiger partial charge in [-0.25, -0.2) is 0 Å². The van der Waals surface area contributed by atoms with Crippen molar-refractivity contribution in [1.82, 2.24) is 0 Å². The van der Waals surface area contributed by atoms with Crippen molar-refractivity contribution in [2.45, 2.75) is 168 Å². The highest BCUT2D eigenvalue weighted by Gasteiger charge is 2.03. The summed E-state index contributed by atoms with van der Waals surface area (Å²) in [4.78, 5) is 11.8. The highest BCUT2D eigenvalue weighted by atomic mass is 16.6. The minimum absolute atomic E-state index is 0.115. The van der Waals surface area contributed by atoms with Crippen LogP contribution in [-0.4, -0.2) is 78.6 Å². The molecule has 0 N–H and O–H groups in total. The van der Waals surface area contributed by atoms with Crippen LogP contribution in [0.1, 0.15) is 168 Å². The molecule has 0 aliphatic heterocycles. The van der Waals surface area contributed by atoms with Crippen LogP contribution < -0.4 is 0 Å². The lowest BCUT2D eigenvalue weighted by Crippen LogP contribution is -2.15. The molecule has 0 spiro atoms. The number of hydrogen-bond donors (Lipinski definition) is 0. The van der Waals surface area contributed by atoms with Crippen LogP contribution in [0.25, 0.3) is 0 Å². The molecule has 0 fully saturated rings. The molecule has 0 saturated carbocycles. The molecular weight excluding hydrogens is 568 g/mol. The summed E-state index contributed by atoms with van der Waals surface area (Å²) in [7, 11) is 0. The fourth-order valence-corrected chi connectivity index (χ4v) is 5.25. The third kappa shape index (κ3) is 41.2. The lowest BCUT2D eigenvalue weighted by Gasteiger charge is -2.08. The van der Waals surface area contributed by atoms with Crippen molar-refractivity contribution in [3.63, 3.8) is 0 Å². The van der Waals surface area contributed by atoms with Gasteiger partial charge < -0.3 is 28.4 Å². The predicted octanol–water partition coefficient (Wildman–Crippen LogP) is 10.0. The SMILES string of the molecule is CCCCCCCCCCCCCCCC(=O)OCCOCCOCCOCCOCCOCCCCCCCCCCCC. The summed E-state index contributed by atoms with van der Waals surface area (Å²) in [6.07, 6.45) is 30.9. The van der Waals surface area contributed by atoms with Crippen LogP contribution in [0.5, 0.6) is 0 Å². The molecule has 270 valence electrons. The molecule has 7 heteroatoms. The quantitative estimate of drug-likeness (QED) is 0.0485. The highest BCUT2D eigenvalue weighted by Crippen LogP contribution is 2.13. The van der Waals surface area contributed by atoms with E-state index in [1.54, 1.807) is 0 Å². The number of hydrogen-bond acceptors (Lipinski definition) is 7. The van der Waals surface area contributed by atoms with Gasteiger partial charge in [-0.15, -0.1) is 0 Å². The number of esters is 1. The first-order valence-electron chi connectivity index (χ1n) is 19.4. The number of carbonyl (C=O) groups is 1.